The predicted octanol–water partition coefficient (Wildman–Crippen LogP) is 5.98. The Morgan fingerprint density at radius 1 is 0.857 bits per heavy atom. The van der Waals surface area contributed by atoms with Gasteiger partial charge in [-0.2, -0.15) is 0 Å². The second-order valence-electron chi connectivity index (χ2n) is 5.93. The van der Waals surface area contributed by atoms with Crippen LogP contribution in [0.25, 0.3) is 22.6 Å². The van der Waals surface area contributed by atoms with E-state index < -0.39 is 5.82 Å². The number of nitrogens with one attached hydrogen (secondary N) is 1. The van der Waals surface area contributed by atoms with Crippen molar-refractivity contribution in [1.82, 2.24) is 15.0 Å². The van der Waals surface area contributed by atoms with E-state index in [1.54, 1.807) is 36.7 Å². The van der Waals surface area contributed by atoms with Crippen molar-refractivity contribution in [2.45, 2.75) is 0 Å². The highest BCUT2D eigenvalue weighted by molar-refractivity contribution is 6.33. The summed E-state index contributed by atoms with van der Waals surface area (Å²) in [6.07, 6.45) is 3.31. The SMILES string of the molecule is Fc1cccc(Cl)c1-c1ncc(-c2ccc(C#Cc3ccc(Cl)cc3)nc2)[nH]1. The van der Waals surface area contributed by atoms with Crippen molar-refractivity contribution in [2.75, 3.05) is 0 Å². The van der Waals surface area contributed by atoms with Gasteiger partial charge in [-0.3, -0.25) is 0 Å². The minimum absolute atomic E-state index is 0.244. The number of hydrogen-bond donors (Lipinski definition) is 1. The van der Waals surface area contributed by atoms with Gasteiger partial charge >= 0.3 is 0 Å². The van der Waals surface area contributed by atoms with Crippen molar-refractivity contribution in [3.05, 3.63) is 94.1 Å². The van der Waals surface area contributed by atoms with Crippen LogP contribution in [-0.2, 0) is 0 Å². The fourth-order valence-corrected chi connectivity index (χ4v) is 2.99. The summed E-state index contributed by atoms with van der Waals surface area (Å²) in [6.45, 7) is 0. The third-order valence-electron chi connectivity index (χ3n) is 4.03. The molecule has 1 N–H and O–H groups in total. The molecule has 2 aromatic carbocycles. The molecule has 0 saturated carbocycles. The number of H-pyrrole nitrogens is 1. The molecule has 3 nitrogen and oxygen atoms in total. The van der Waals surface area contributed by atoms with Crippen molar-refractivity contribution in [3.63, 3.8) is 0 Å². The fourth-order valence-electron chi connectivity index (χ4n) is 2.62. The second-order valence-corrected chi connectivity index (χ2v) is 6.77. The maximum Gasteiger partial charge on any atom is 0.142 e. The van der Waals surface area contributed by atoms with Crippen LogP contribution in [0.3, 0.4) is 0 Å². The standard InChI is InChI=1S/C22H12Cl2FN3/c23-16-8-4-14(5-9-16)6-10-17-11-7-15(12-26-17)20-13-27-22(28-20)21-18(24)2-1-3-19(21)25/h1-5,7-9,11-13H,(H,27,28). The topological polar surface area (TPSA) is 41.6 Å². The number of hydrogen-bond acceptors (Lipinski definition) is 2. The van der Waals surface area contributed by atoms with Crippen LogP contribution in [0, 0.1) is 17.7 Å². The van der Waals surface area contributed by atoms with Gasteiger partial charge in [0.25, 0.3) is 0 Å². The summed E-state index contributed by atoms with van der Waals surface area (Å²) in [5, 5.41) is 0.968. The Morgan fingerprint density at radius 2 is 1.68 bits per heavy atom. The number of halogens is 3. The van der Waals surface area contributed by atoms with E-state index in [-0.39, 0.29) is 5.56 Å². The van der Waals surface area contributed by atoms with Crippen molar-refractivity contribution >= 4 is 23.2 Å². The molecule has 2 aromatic heterocycles. The average Bonchev–Trinajstić information content (AvgIpc) is 3.17. The van der Waals surface area contributed by atoms with Gasteiger partial charge in [0, 0.05) is 22.3 Å². The van der Waals surface area contributed by atoms with Crippen LogP contribution in [0.5, 0.6) is 0 Å². The molecule has 0 spiro atoms. The number of benzene rings is 2. The summed E-state index contributed by atoms with van der Waals surface area (Å²) in [6, 6.07) is 15.5. The lowest BCUT2D eigenvalue weighted by Crippen LogP contribution is -1.88. The molecule has 28 heavy (non-hydrogen) atoms. The monoisotopic (exact) mass is 407 g/mol. The van der Waals surface area contributed by atoms with E-state index in [2.05, 4.69) is 26.8 Å². The smallest absolute Gasteiger partial charge is 0.142 e. The molecule has 0 fully saturated rings. The highest BCUT2D eigenvalue weighted by Crippen LogP contribution is 2.29. The molecule has 4 aromatic rings. The Kier molecular flexibility index (Phi) is 5.12. The third kappa shape index (κ3) is 3.91. The second kappa shape index (κ2) is 7.85. The molecule has 136 valence electrons. The van der Waals surface area contributed by atoms with Gasteiger partial charge in [0.1, 0.15) is 17.3 Å². The molecule has 0 saturated heterocycles. The quantitative estimate of drug-likeness (QED) is 0.415. The van der Waals surface area contributed by atoms with Gasteiger partial charge in [-0.15, -0.1) is 0 Å². The molecule has 0 atom stereocenters. The van der Waals surface area contributed by atoms with Crippen molar-refractivity contribution in [1.29, 1.82) is 0 Å². The normalized spacial score (nSPS) is 10.4. The first-order chi connectivity index (χ1) is 13.6. The van der Waals surface area contributed by atoms with Crippen molar-refractivity contribution in [2.24, 2.45) is 0 Å². The lowest BCUT2D eigenvalue weighted by Gasteiger charge is -2.02. The summed E-state index contributed by atoms with van der Waals surface area (Å²) < 4.78 is 14.1. The maximum atomic E-state index is 14.1. The molecule has 0 radical (unpaired) electrons. The zero-order chi connectivity index (χ0) is 19.5. The minimum atomic E-state index is -0.431. The van der Waals surface area contributed by atoms with Crippen LogP contribution in [0.1, 0.15) is 11.3 Å². The largest absolute Gasteiger partial charge is 0.338 e. The minimum Gasteiger partial charge on any atom is -0.338 e. The van der Waals surface area contributed by atoms with Crippen LogP contribution < -0.4 is 0 Å². The van der Waals surface area contributed by atoms with Gasteiger partial charge in [-0.25, -0.2) is 14.4 Å². The first kappa shape index (κ1) is 18.2. The molecular formula is C22H12Cl2FN3. The van der Waals surface area contributed by atoms with Gasteiger partial charge in [0.15, 0.2) is 0 Å². The van der Waals surface area contributed by atoms with Crippen LogP contribution in [-0.4, -0.2) is 15.0 Å². The molecule has 0 aliphatic heterocycles. The van der Waals surface area contributed by atoms with E-state index in [4.69, 9.17) is 23.2 Å². The van der Waals surface area contributed by atoms with Crippen molar-refractivity contribution in [3.8, 4) is 34.5 Å². The summed E-state index contributed by atoms with van der Waals surface area (Å²) in [4.78, 5) is 11.7. The Bertz CT molecular complexity index is 1170. The van der Waals surface area contributed by atoms with E-state index in [0.717, 1.165) is 11.1 Å². The number of nitrogens with zero attached hydrogens (tertiary/aromatic N) is 2. The molecule has 6 heteroatoms. The summed E-state index contributed by atoms with van der Waals surface area (Å²) in [5.41, 5.74) is 3.25. The molecule has 0 amide bonds. The highest BCUT2D eigenvalue weighted by Gasteiger charge is 2.13. The highest BCUT2D eigenvalue weighted by atomic mass is 35.5. The lowest BCUT2D eigenvalue weighted by molar-refractivity contribution is 0.630. The zero-order valence-corrected chi connectivity index (χ0v) is 15.9. The lowest BCUT2D eigenvalue weighted by atomic mass is 10.2. The molecule has 0 aliphatic rings. The Balaban J connectivity index is 1.57. The van der Waals surface area contributed by atoms with E-state index in [9.17, 15) is 4.39 Å². The van der Waals surface area contributed by atoms with E-state index in [1.807, 2.05) is 24.3 Å². The van der Waals surface area contributed by atoms with E-state index >= 15 is 0 Å². The molecular weight excluding hydrogens is 396 g/mol. The van der Waals surface area contributed by atoms with Crippen LogP contribution in [0.15, 0.2) is 67.0 Å². The fraction of sp³-hybridized carbons (Fsp3) is 0. The van der Waals surface area contributed by atoms with E-state index in [1.165, 1.54) is 6.07 Å². The molecule has 4 rings (SSSR count). The Labute approximate surface area is 171 Å². The van der Waals surface area contributed by atoms with Crippen molar-refractivity contribution < 1.29 is 4.39 Å². The number of aromatic nitrogens is 3. The maximum absolute atomic E-state index is 14.1. The van der Waals surface area contributed by atoms with Crippen LogP contribution >= 0.6 is 23.2 Å². The van der Waals surface area contributed by atoms with Crippen LogP contribution in [0.4, 0.5) is 4.39 Å². The van der Waals surface area contributed by atoms with Gasteiger partial charge in [0.2, 0.25) is 0 Å². The summed E-state index contributed by atoms with van der Waals surface area (Å²) in [7, 11) is 0. The van der Waals surface area contributed by atoms with E-state index in [0.29, 0.717) is 27.3 Å². The Morgan fingerprint density at radius 3 is 2.39 bits per heavy atom. The summed E-state index contributed by atoms with van der Waals surface area (Å²) in [5.74, 6) is 5.98. The third-order valence-corrected chi connectivity index (χ3v) is 4.60. The Hall–Kier alpha value is -3.13. The number of pyridine rings is 1. The molecule has 0 aliphatic carbocycles. The molecule has 0 bridgehead atoms. The predicted molar refractivity (Wildman–Crippen MR) is 110 cm³/mol. The van der Waals surface area contributed by atoms with Gasteiger partial charge in [-0.05, 0) is 54.5 Å². The zero-order valence-electron chi connectivity index (χ0n) is 14.4. The number of imidazole rings is 1. The number of aromatic amines is 1. The first-order valence-electron chi connectivity index (χ1n) is 8.33. The van der Waals surface area contributed by atoms with Gasteiger partial charge < -0.3 is 4.98 Å². The first-order valence-corrected chi connectivity index (χ1v) is 9.09. The van der Waals surface area contributed by atoms with Gasteiger partial charge in [-0.1, -0.05) is 35.2 Å². The average molecular weight is 408 g/mol. The number of rotatable bonds is 2. The summed E-state index contributed by atoms with van der Waals surface area (Å²) >= 11 is 12.0. The van der Waals surface area contributed by atoms with Crippen LogP contribution in [0.2, 0.25) is 10.0 Å². The molecule has 2 heterocycles. The van der Waals surface area contributed by atoms with Gasteiger partial charge in [0.05, 0.1) is 22.5 Å². The molecule has 0 unspecified atom stereocenters.